The van der Waals surface area contributed by atoms with Gasteiger partial charge in [-0.2, -0.15) is 0 Å². The number of rotatable bonds is 5. The number of para-hydroxylation sites is 3. The number of barbiturate groups is 1. The first-order chi connectivity index (χ1) is 17.4. The van der Waals surface area contributed by atoms with Crippen molar-refractivity contribution in [2.75, 3.05) is 10.2 Å². The first-order valence-electron chi connectivity index (χ1n) is 11.3. The molecule has 0 aliphatic carbocycles. The van der Waals surface area contributed by atoms with Gasteiger partial charge in [0.05, 0.1) is 5.69 Å². The molecule has 0 spiro atoms. The minimum absolute atomic E-state index is 0.0343. The summed E-state index contributed by atoms with van der Waals surface area (Å²) in [5.41, 5.74) is 2.98. The summed E-state index contributed by atoms with van der Waals surface area (Å²) >= 11 is 0. The van der Waals surface area contributed by atoms with Gasteiger partial charge in [0, 0.05) is 28.4 Å². The fourth-order valence-corrected chi connectivity index (χ4v) is 4.24. The molecular formula is C28H22N4O4. The number of imide groups is 2. The number of amides is 5. The lowest BCUT2D eigenvalue weighted by atomic mass is 10.1. The molecule has 2 heterocycles. The number of aromatic nitrogens is 1. The van der Waals surface area contributed by atoms with Gasteiger partial charge in [0.2, 0.25) is 5.91 Å². The zero-order valence-electron chi connectivity index (χ0n) is 19.4. The number of benzene rings is 3. The first-order valence-corrected chi connectivity index (χ1v) is 11.3. The van der Waals surface area contributed by atoms with E-state index in [9.17, 15) is 19.2 Å². The highest BCUT2D eigenvalue weighted by molar-refractivity contribution is 6.39. The van der Waals surface area contributed by atoms with Gasteiger partial charge in [-0.1, -0.05) is 54.6 Å². The molecule has 0 saturated carbocycles. The van der Waals surface area contributed by atoms with E-state index in [2.05, 4.69) is 10.6 Å². The maximum absolute atomic E-state index is 13.3. The highest BCUT2D eigenvalue weighted by Gasteiger charge is 2.37. The molecule has 8 nitrogen and oxygen atoms in total. The van der Waals surface area contributed by atoms with Crippen LogP contribution in [0.3, 0.4) is 0 Å². The van der Waals surface area contributed by atoms with Crippen molar-refractivity contribution in [1.82, 2.24) is 9.88 Å². The van der Waals surface area contributed by atoms with Crippen molar-refractivity contribution < 1.29 is 19.2 Å². The van der Waals surface area contributed by atoms with Gasteiger partial charge >= 0.3 is 6.03 Å². The van der Waals surface area contributed by atoms with Crippen molar-refractivity contribution in [3.63, 3.8) is 0 Å². The van der Waals surface area contributed by atoms with Gasteiger partial charge < -0.3 is 9.88 Å². The van der Waals surface area contributed by atoms with E-state index < -0.39 is 17.8 Å². The van der Waals surface area contributed by atoms with Crippen LogP contribution in [0.2, 0.25) is 0 Å². The van der Waals surface area contributed by atoms with Gasteiger partial charge in [-0.15, -0.1) is 0 Å². The highest BCUT2D eigenvalue weighted by atomic mass is 16.2. The van der Waals surface area contributed by atoms with Crippen LogP contribution in [-0.2, 0) is 20.9 Å². The third kappa shape index (κ3) is 4.27. The number of carbonyl (C=O) groups is 4. The Morgan fingerprint density at radius 2 is 1.61 bits per heavy atom. The zero-order chi connectivity index (χ0) is 25.2. The van der Waals surface area contributed by atoms with Gasteiger partial charge in [-0.3, -0.25) is 19.7 Å². The number of carbonyl (C=O) groups excluding carboxylic acids is 4. The number of fused-ring (bicyclic) bond motifs is 1. The van der Waals surface area contributed by atoms with Crippen LogP contribution in [0.1, 0.15) is 11.1 Å². The third-order valence-electron chi connectivity index (χ3n) is 5.95. The van der Waals surface area contributed by atoms with E-state index in [0.29, 0.717) is 16.9 Å². The van der Waals surface area contributed by atoms with Crippen LogP contribution in [-0.4, -0.2) is 28.3 Å². The molecule has 0 unspecified atom stereocenters. The third-order valence-corrected chi connectivity index (χ3v) is 5.95. The van der Waals surface area contributed by atoms with Crippen molar-refractivity contribution in [2.45, 2.75) is 13.5 Å². The Labute approximate surface area is 206 Å². The zero-order valence-corrected chi connectivity index (χ0v) is 19.4. The lowest BCUT2D eigenvalue weighted by Gasteiger charge is -2.27. The molecule has 0 atom stereocenters. The molecule has 1 aromatic heterocycles. The molecule has 4 aromatic rings. The van der Waals surface area contributed by atoms with Gasteiger partial charge in [-0.25, -0.2) is 9.69 Å². The molecular weight excluding hydrogens is 456 g/mol. The van der Waals surface area contributed by atoms with Crippen LogP contribution < -0.4 is 15.5 Å². The molecule has 1 saturated heterocycles. The Bertz CT molecular complexity index is 1550. The largest absolute Gasteiger partial charge is 0.337 e. The molecule has 178 valence electrons. The number of hydrogen-bond acceptors (Lipinski definition) is 4. The van der Waals surface area contributed by atoms with Crippen LogP contribution in [0.5, 0.6) is 0 Å². The van der Waals surface area contributed by atoms with E-state index in [1.807, 2.05) is 42.5 Å². The van der Waals surface area contributed by atoms with E-state index in [1.165, 1.54) is 6.08 Å². The maximum Gasteiger partial charge on any atom is 0.335 e. The molecule has 2 N–H and O–H groups in total. The summed E-state index contributed by atoms with van der Waals surface area (Å²) < 4.78 is 1.76. The molecule has 3 aromatic carbocycles. The second kappa shape index (κ2) is 9.34. The summed E-state index contributed by atoms with van der Waals surface area (Å²) in [6.45, 7) is 1.82. The topological polar surface area (TPSA) is 101 Å². The smallest absolute Gasteiger partial charge is 0.335 e. The van der Waals surface area contributed by atoms with Crippen molar-refractivity contribution in [3.05, 3.63) is 102 Å². The predicted molar refractivity (Wildman–Crippen MR) is 137 cm³/mol. The summed E-state index contributed by atoms with van der Waals surface area (Å²) in [5, 5.41) is 5.88. The van der Waals surface area contributed by atoms with Gasteiger partial charge in [0.1, 0.15) is 12.1 Å². The molecule has 1 aliphatic rings. The molecule has 1 fully saturated rings. The Kier molecular flexibility index (Phi) is 5.92. The average molecular weight is 479 g/mol. The van der Waals surface area contributed by atoms with E-state index >= 15 is 0 Å². The monoisotopic (exact) mass is 478 g/mol. The van der Waals surface area contributed by atoms with E-state index in [4.69, 9.17) is 0 Å². The quantitative estimate of drug-likeness (QED) is 0.331. The summed E-state index contributed by atoms with van der Waals surface area (Å²) in [4.78, 5) is 52.2. The van der Waals surface area contributed by atoms with Crippen LogP contribution >= 0.6 is 0 Å². The molecule has 5 amide bonds. The predicted octanol–water partition coefficient (Wildman–Crippen LogP) is 4.25. The van der Waals surface area contributed by atoms with Crippen molar-refractivity contribution in [2.24, 2.45) is 0 Å². The van der Waals surface area contributed by atoms with Crippen molar-refractivity contribution in [3.8, 4) is 0 Å². The second-order valence-corrected chi connectivity index (χ2v) is 8.39. The first kappa shape index (κ1) is 22.8. The number of urea groups is 1. The van der Waals surface area contributed by atoms with Crippen molar-refractivity contribution >= 4 is 52.1 Å². The van der Waals surface area contributed by atoms with E-state index in [1.54, 1.807) is 54.1 Å². The lowest BCUT2D eigenvalue weighted by Crippen LogP contribution is -2.54. The van der Waals surface area contributed by atoms with Crippen LogP contribution in [0.4, 0.5) is 16.2 Å². The minimum Gasteiger partial charge on any atom is -0.337 e. The van der Waals surface area contributed by atoms with E-state index in [0.717, 1.165) is 21.4 Å². The fourth-order valence-electron chi connectivity index (χ4n) is 4.24. The Balaban J connectivity index is 1.50. The molecule has 36 heavy (non-hydrogen) atoms. The molecule has 0 bridgehead atoms. The molecule has 1 aliphatic heterocycles. The molecule has 5 rings (SSSR count). The SMILES string of the molecule is Cc1ccccc1N1C(=O)NC(=O)/C(=C/c2cn(CC(=O)Nc3ccccc3)c3ccccc23)C1=O. The lowest BCUT2D eigenvalue weighted by molar-refractivity contribution is -0.122. The summed E-state index contributed by atoms with van der Waals surface area (Å²) in [7, 11) is 0. The van der Waals surface area contributed by atoms with Crippen LogP contribution in [0.15, 0.2) is 90.6 Å². The number of hydrogen-bond donors (Lipinski definition) is 2. The van der Waals surface area contributed by atoms with Gasteiger partial charge in [-0.05, 0) is 42.8 Å². The Morgan fingerprint density at radius 3 is 2.39 bits per heavy atom. The average Bonchev–Trinajstić information content (AvgIpc) is 3.20. The number of nitrogens with one attached hydrogen (secondary N) is 2. The highest BCUT2D eigenvalue weighted by Crippen LogP contribution is 2.28. The normalized spacial score (nSPS) is 14.9. The van der Waals surface area contributed by atoms with Crippen molar-refractivity contribution in [1.29, 1.82) is 0 Å². The minimum atomic E-state index is -0.795. The van der Waals surface area contributed by atoms with Crippen LogP contribution in [0.25, 0.3) is 17.0 Å². The maximum atomic E-state index is 13.3. The van der Waals surface area contributed by atoms with E-state index in [-0.39, 0.29) is 18.0 Å². The summed E-state index contributed by atoms with van der Waals surface area (Å²) in [5.74, 6) is -1.70. The summed E-state index contributed by atoms with van der Waals surface area (Å²) in [6, 6.07) is 22.7. The molecule has 8 heteroatoms. The Hall–Kier alpha value is -4.98. The Morgan fingerprint density at radius 1 is 0.917 bits per heavy atom. The number of anilines is 2. The van der Waals surface area contributed by atoms with Gasteiger partial charge in [0.15, 0.2) is 0 Å². The fraction of sp³-hybridized carbons (Fsp3) is 0.0714. The standard InChI is InChI=1S/C28H22N4O4/c1-18-9-5-7-13-23(18)32-27(35)22(26(34)30-28(32)36)15-19-16-31(24-14-8-6-12-21(19)24)17-25(33)29-20-10-3-2-4-11-20/h2-16H,17H2,1H3,(H,29,33)(H,30,34,36)/b22-15-. The van der Waals surface area contributed by atoms with Crippen LogP contribution in [0, 0.1) is 6.92 Å². The number of nitrogens with zero attached hydrogens (tertiary/aromatic N) is 2. The van der Waals surface area contributed by atoms with Gasteiger partial charge in [0.25, 0.3) is 11.8 Å². The molecule has 0 radical (unpaired) electrons. The summed E-state index contributed by atoms with van der Waals surface area (Å²) in [6.07, 6.45) is 3.18. The number of aryl methyl sites for hydroxylation is 1. The second-order valence-electron chi connectivity index (χ2n) is 8.39.